The number of aromatic nitrogens is 1. The third-order valence-electron chi connectivity index (χ3n) is 4.16. The van der Waals surface area contributed by atoms with Crippen LogP contribution < -0.4 is 10.1 Å². The lowest BCUT2D eigenvalue weighted by Crippen LogP contribution is -2.20. The number of oxazole rings is 1. The quantitative estimate of drug-likeness (QED) is 0.416. The second-order valence-electron chi connectivity index (χ2n) is 6.49. The van der Waals surface area contributed by atoms with Gasteiger partial charge < -0.3 is 14.5 Å². The molecular formula is C22H16Cl2N2O3. The molecule has 0 aliphatic heterocycles. The molecule has 0 aliphatic rings. The molecule has 1 heterocycles. The molecule has 1 aromatic heterocycles. The van der Waals surface area contributed by atoms with E-state index in [0.717, 1.165) is 5.56 Å². The molecule has 0 atom stereocenters. The summed E-state index contributed by atoms with van der Waals surface area (Å²) < 4.78 is 11.3. The number of rotatable bonds is 5. The summed E-state index contributed by atoms with van der Waals surface area (Å²) in [6, 6.07) is 18.0. The molecule has 0 spiro atoms. The van der Waals surface area contributed by atoms with Crippen LogP contribution in [-0.2, 0) is 4.79 Å². The first-order valence-electron chi connectivity index (χ1n) is 8.83. The Morgan fingerprint density at radius 1 is 1.10 bits per heavy atom. The van der Waals surface area contributed by atoms with E-state index >= 15 is 0 Å². The van der Waals surface area contributed by atoms with Gasteiger partial charge in [-0.15, -0.1) is 0 Å². The normalized spacial score (nSPS) is 10.9. The number of fused-ring (bicyclic) bond motifs is 1. The smallest absolute Gasteiger partial charge is 0.262 e. The standard InChI is InChI=1S/C22H16Cl2N2O3/c1-13-4-2-7-17(8-13)28-12-20(27)25-16-6-3-5-14(9-16)22-26-19-11-15(23)10-18(24)21(19)29-22/h2-11H,12H2,1H3,(H,25,27). The van der Waals surface area contributed by atoms with Crippen LogP contribution in [0.15, 0.2) is 65.1 Å². The molecule has 146 valence electrons. The molecule has 5 nitrogen and oxygen atoms in total. The average Bonchev–Trinajstić information content (AvgIpc) is 3.11. The van der Waals surface area contributed by atoms with E-state index in [-0.39, 0.29) is 12.5 Å². The third kappa shape index (κ3) is 4.53. The van der Waals surface area contributed by atoms with Crippen LogP contribution in [0.1, 0.15) is 5.56 Å². The van der Waals surface area contributed by atoms with Crippen molar-refractivity contribution in [2.75, 3.05) is 11.9 Å². The van der Waals surface area contributed by atoms with Gasteiger partial charge in [-0.05, 0) is 55.0 Å². The average molecular weight is 427 g/mol. The van der Waals surface area contributed by atoms with Crippen molar-refractivity contribution >= 4 is 45.9 Å². The Morgan fingerprint density at radius 3 is 2.76 bits per heavy atom. The fraction of sp³-hybridized carbons (Fsp3) is 0.0909. The number of hydrogen-bond donors (Lipinski definition) is 1. The molecule has 0 bridgehead atoms. The van der Waals surface area contributed by atoms with E-state index in [2.05, 4.69) is 10.3 Å². The van der Waals surface area contributed by atoms with Crippen molar-refractivity contribution in [2.24, 2.45) is 0 Å². The van der Waals surface area contributed by atoms with E-state index in [0.29, 0.717) is 44.0 Å². The maximum atomic E-state index is 12.2. The topological polar surface area (TPSA) is 64.4 Å². The molecule has 0 saturated carbocycles. The van der Waals surface area contributed by atoms with E-state index in [4.69, 9.17) is 32.4 Å². The summed E-state index contributed by atoms with van der Waals surface area (Å²) in [6.45, 7) is 1.87. The molecule has 0 unspecified atom stereocenters. The van der Waals surface area contributed by atoms with E-state index in [1.54, 1.807) is 30.3 Å². The van der Waals surface area contributed by atoms with Crippen molar-refractivity contribution in [3.8, 4) is 17.2 Å². The van der Waals surface area contributed by atoms with E-state index in [1.807, 2.05) is 37.3 Å². The zero-order chi connectivity index (χ0) is 20.4. The molecule has 3 aromatic carbocycles. The van der Waals surface area contributed by atoms with E-state index in [9.17, 15) is 4.79 Å². The molecular weight excluding hydrogens is 411 g/mol. The van der Waals surface area contributed by atoms with Gasteiger partial charge in [0, 0.05) is 16.3 Å². The first-order valence-corrected chi connectivity index (χ1v) is 9.59. The highest BCUT2D eigenvalue weighted by Crippen LogP contribution is 2.32. The van der Waals surface area contributed by atoms with Gasteiger partial charge in [0.1, 0.15) is 11.3 Å². The molecule has 0 radical (unpaired) electrons. The Hall–Kier alpha value is -3.02. The molecule has 1 N–H and O–H groups in total. The SMILES string of the molecule is Cc1cccc(OCC(=O)Nc2cccc(-c3nc4cc(Cl)cc(Cl)c4o3)c2)c1. The van der Waals surface area contributed by atoms with Crippen molar-refractivity contribution in [2.45, 2.75) is 6.92 Å². The fourth-order valence-electron chi connectivity index (χ4n) is 2.86. The maximum absolute atomic E-state index is 12.2. The van der Waals surface area contributed by atoms with Gasteiger partial charge in [0.15, 0.2) is 12.2 Å². The van der Waals surface area contributed by atoms with Gasteiger partial charge in [0.25, 0.3) is 5.91 Å². The summed E-state index contributed by atoms with van der Waals surface area (Å²) in [7, 11) is 0. The Labute approximate surface area is 177 Å². The first-order chi connectivity index (χ1) is 14.0. The predicted molar refractivity (Wildman–Crippen MR) is 115 cm³/mol. The number of nitrogens with one attached hydrogen (secondary N) is 1. The Balaban J connectivity index is 1.48. The molecule has 0 fully saturated rings. The molecule has 0 saturated heterocycles. The number of ether oxygens (including phenoxy) is 1. The highest BCUT2D eigenvalue weighted by atomic mass is 35.5. The zero-order valence-corrected chi connectivity index (χ0v) is 16.9. The third-order valence-corrected chi connectivity index (χ3v) is 4.66. The lowest BCUT2D eigenvalue weighted by atomic mass is 10.2. The van der Waals surface area contributed by atoms with Crippen LogP contribution >= 0.6 is 23.2 Å². The zero-order valence-electron chi connectivity index (χ0n) is 15.4. The second-order valence-corrected chi connectivity index (χ2v) is 7.33. The van der Waals surface area contributed by atoms with Gasteiger partial charge in [-0.1, -0.05) is 41.4 Å². The van der Waals surface area contributed by atoms with Crippen molar-refractivity contribution < 1.29 is 13.9 Å². The van der Waals surface area contributed by atoms with E-state index < -0.39 is 0 Å². The van der Waals surface area contributed by atoms with Crippen LogP contribution in [0.2, 0.25) is 10.0 Å². The van der Waals surface area contributed by atoms with Gasteiger partial charge in [-0.2, -0.15) is 0 Å². The summed E-state index contributed by atoms with van der Waals surface area (Å²) in [5.74, 6) is 0.767. The van der Waals surface area contributed by atoms with Crippen LogP contribution in [0.5, 0.6) is 5.75 Å². The van der Waals surface area contributed by atoms with Gasteiger partial charge >= 0.3 is 0 Å². The Bertz CT molecular complexity index is 1200. The Kier molecular flexibility index (Phi) is 5.43. The number of anilines is 1. The molecule has 4 aromatic rings. The number of amides is 1. The number of halogens is 2. The van der Waals surface area contributed by atoms with Gasteiger partial charge in [-0.3, -0.25) is 4.79 Å². The number of hydrogen-bond acceptors (Lipinski definition) is 4. The van der Waals surface area contributed by atoms with Gasteiger partial charge in [0.2, 0.25) is 5.89 Å². The first kappa shape index (κ1) is 19.3. The molecule has 1 amide bonds. The lowest BCUT2D eigenvalue weighted by molar-refractivity contribution is -0.118. The van der Waals surface area contributed by atoms with Crippen molar-refractivity contribution in [3.05, 3.63) is 76.3 Å². The minimum absolute atomic E-state index is 0.0926. The fourth-order valence-corrected chi connectivity index (χ4v) is 3.39. The molecule has 4 rings (SSSR count). The minimum atomic E-state index is -0.268. The number of carbonyl (C=O) groups is 1. The van der Waals surface area contributed by atoms with Crippen LogP contribution in [0.3, 0.4) is 0 Å². The van der Waals surface area contributed by atoms with Crippen molar-refractivity contribution in [3.63, 3.8) is 0 Å². The highest BCUT2D eigenvalue weighted by molar-refractivity contribution is 6.38. The number of benzene rings is 3. The number of carbonyl (C=O) groups excluding carboxylic acids is 1. The monoisotopic (exact) mass is 426 g/mol. The number of nitrogens with zero attached hydrogens (tertiary/aromatic N) is 1. The molecule has 0 aliphatic carbocycles. The van der Waals surface area contributed by atoms with E-state index in [1.165, 1.54) is 0 Å². The van der Waals surface area contributed by atoms with Crippen molar-refractivity contribution in [1.82, 2.24) is 4.98 Å². The molecule has 7 heteroatoms. The summed E-state index contributed by atoms with van der Waals surface area (Å²) in [5.41, 5.74) is 3.40. The largest absolute Gasteiger partial charge is 0.484 e. The molecule has 29 heavy (non-hydrogen) atoms. The van der Waals surface area contributed by atoms with Crippen LogP contribution in [0, 0.1) is 6.92 Å². The predicted octanol–water partition coefficient (Wildman–Crippen LogP) is 6.13. The summed E-state index contributed by atoms with van der Waals surface area (Å²) in [5, 5.41) is 3.69. The van der Waals surface area contributed by atoms with Crippen LogP contribution in [-0.4, -0.2) is 17.5 Å². The second kappa shape index (κ2) is 8.15. The van der Waals surface area contributed by atoms with Gasteiger partial charge in [-0.25, -0.2) is 4.98 Å². The van der Waals surface area contributed by atoms with Crippen molar-refractivity contribution in [1.29, 1.82) is 0 Å². The summed E-state index contributed by atoms with van der Waals surface area (Å²) in [4.78, 5) is 16.7. The summed E-state index contributed by atoms with van der Waals surface area (Å²) in [6.07, 6.45) is 0. The number of aryl methyl sites for hydroxylation is 1. The maximum Gasteiger partial charge on any atom is 0.262 e. The summed E-state index contributed by atoms with van der Waals surface area (Å²) >= 11 is 12.2. The highest BCUT2D eigenvalue weighted by Gasteiger charge is 2.13. The van der Waals surface area contributed by atoms with Gasteiger partial charge in [0.05, 0.1) is 5.02 Å². The lowest BCUT2D eigenvalue weighted by Gasteiger charge is -2.08. The van der Waals surface area contributed by atoms with Crippen LogP contribution in [0.25, 0.3) is 22.6 Å². The minimum Gasteiger partial charge on any atom is -0.484 e. The van der Waals surface area contributed by atoms with Crippen LogP contribution in [0.4, 0.5) is 5.69 Å². The Morgan fingerprint density at radius 2 is 1.93 bits per heavy atom.